The number of rotatable bonds is 4. The van der Waals surface area contributed by atoms with E-state index in [0.717, 1.165) is 48.2 Å². The number of halogens is 2. The molecule has 2 aromatic rings. The van der Waals surface area contributed by atoms with Crippen molar-refractivity contribution in [3.63, 3.8) is 0 Å². The Morgan fingerprint density at radius 1 is 0.861 bits per heavy atom. The predicted octanol–water partition coefficient (Wildman–Crippen LogP) is 6.33. The van der Waals surface area contributed by atoms with E-state index < -0.39 is 16.0 Å². The van der Waals surface area contributed by atoms with Crippen molar-refractivity contribution in [2.75, 3.05) is 7.05 Å². The lowest BCUT2D eigenvalue weighted by Gasteiger charge is -2.42. The maximum atomic E-state index is 13.2. The van der Waals surface area contributed by atoms with Crippen LogP contribution in [0.3, 0.4) is 0 Å². The molecule has 6 nitrogen and oxygen atoms in total. The molecule has 0 atom stereocenters. The Morgan fingerprint density at radius 3 is 1.86 bits per heavy atom. The molecule has 1 heterocycles. The average Bonchev–Trinajstić information content (AvgIpc) is 2.83. The third-order valence-corrected chi connectivity index (χ3v) is 9.51. The summed E-state index contributed by atoms with van der Waals surface area (Å²) in [7, 11) is -2.11. The van der Waals surface area contributed by atoms with Crippen LogP contribution in [0.25, 0.3) is 0 Å². The SMILES string of the molecule is Cc1ccc(S(=O)(=O)Oc2c(Br)cc(C3C4=C(CCCC4=O)N(C)C4=C3C(=O)CCC4)cc2Br)cc1. The summed E-state index contributed by atoms with van der Waals surface area (Å²) < 4.78 is 32.2. The van der Waals surface area contributed by atoms with Gasteiger partial charge < -0.3 is 9.08 Å². The Hall–Kier alpha value is -2.23. The van der Waals surface area contributed by atoms with E-state index in [-0.39, 0.29) is 22.2 Å². The Balaban J connectivity index is 1.60. The molecule has 0 spiro atoms. The Labute approximate surface area is 227 Å². The second-order valence-electron chi connectivity index (χ2n) is 9.43. The Morgan fingerprint density at radius 2 is 1.36 bits per heavy atom. The van der Waals surface area contributed by atoms with Crippen molar-refractivity contribution in [3.05, 3.63) is 79.0 Å². The number of ketones is 2. The minimum atomic E-state index is -4.07. The third kappa shape index (κ3) is 4.39. The quantitative estimate of drug-likeness (QED) is 0.366. The lowest BCUT2D eigenvalue weighted by atomic mass is 9.71. The number of hydrogen-bond donors (Lipinski definition) is 0. The highest BCUT2D eigenvalue weighted by Gasteiger charge is 2.42. The summed E-state index contributed by atoms with van der Waals surface area (Å²) in [5.74, 6) is -0.247. The van der Waals surface area contributed by atoms with Gasteiger partial charge in [-0.05, 0) is 94.3 Å². The summed E-state index contributed by atoms with van der Waals surface area (Å²) in [5, 5.41) is 0. The van der Waals surface area contributed by atoms with Gasteiger partial charge in [0.15, 0.2) is 17.3 Å². The molecular weight excluding hydrogens is 610 g/mol. The molecule has 5 rings (SSSR count). The van der Waals surface area contributed by atoms with Crippen LogP contribution < -0.4 is 4.18 Å². The highest BCUT2D eigenvalue weighted by Crippen LogP contribution is 2.50. The number of carbonyl (C=O) groups excluding carboxylic acids is 2. The maximum absolute atomic E-state index is 13.2. The lowest BCUT2D eigenvalue weighted by Crippen LogP contribution is -2.37. The van der Waals surface area contributed by atoms with Gasteiger partial charge in [-0.25, -0.2) is 0 Å². The molecule has 0 unspecified atom stereocenters. The van der Waals surface area contributed by atoms with Crippen LogP contribution in [0.2, 0.25) is 0 Å². The first-order valence-corrected chi connectivity index (χ1v) is 14.8. The van der Waals surface area contributed by atoms with Gasteiger partial charge >= 0.3 is 10.1 Å². The second-order valence-corrected chi connectivity index (χ2v) is 12.7. The zero-order valence-electron chi connectivity index (χ0n) is 19.9. The van der Waals surface area contributed by atoms with Gasteiger partial charge in [0, 0.05) is 48.3 Å². The van der Waals surface area contributed by atoms with E-state index in [4.69, 9.17) is 4.18 Å². The second kappa shape index (κ2) is 9.58. The predicted molar refractivity (Wildman–Crippen MR) is 143 cm³/mol. The van der Waals surface area contributed by atoms with E-state index in [1.165, 1.54) is 12.1 Å². The number of Topliss-reactive ketones (excluding diaryl/α,β-unsaturated/α-hetero) is 2. The zero-order chi connectivity index (χ0) is 25.8. The van der Waals surface area contributed by atoms with Crippen LogP contribution in [0.15, 0.2) is 72.8 Å². The van der Waals surface area contributed by atoms with Gasteiger partial charge in [-0.15, -0.1) is 0 Å². The van der Waals surface area contributed by atoms with Crippen molar-refractivity contribution in [1.82, 2.24) is 4.90 Å². The van der Waals surface area contributed by atoms with Crippen molar-refractivity contribution in [1.29, 1.82) is 0 Å². The molecule has 1 aliphatic heterocycles. The first kappa shape index (κ1) is 25.4. The number of nitrogens with zero attached hydrogens (tertiary/aromatic N) is 1. The summed E-state index contributed by atoms with van der Waals surface area (Å²) in [6.45, 7) is 1.88. The summed E-state index contributed by atoms with van der Waals surface area (Å²) >= 11 is 6.98. The van der Waals surface area contributed by atoms with Gasteiger partial charge in [0.25, 0.3) is 0 Å². The zero-order valence-corrected chi connectivity index (χ0v) is 23.9. The van der Waals surface area contributed by atoms with Crippen LogP contribution in [0.4, 0.5) is 0 Å². The molecule has 0 saturated heterocycles. The van der Waals surface area contributed by atoms with Gasteiger partial charge in [-0.1, -0.05) is 17.7 Å². The molecule has 9 heteroatoms. The minimum absolute atomic E-state index is 0.0523. The third-order valence-electron chi connectivity index (χ3n) is 7.10. The highest BCUT2D eigenvalue weighted by atomic mass is 79.9. The van der Waals surface area contributed by atoms with Gasteiger partial charge in [0.2, 0.25) is 0 Å². The minimum Gasteiger partial charge on any atom is -0.377 e. The van der Waals surface area contributed by atoms with E-state index in [0.29, 0.717) is 32.9 Å². The van der Waals surface area contributed by atoms with Crippen LogP contribution in [-0.4, -0.2) is 31.9 Å². The normalized spacial score (nSPS) is 18.9. The number of aryl methyl sites for hydroxylation is 1. The molecule has 0 aromatic heterocycles. The number of allylic oxidation sites excluding steroid dienone is 4. The first-order valence-electron chi connectivity index (χ1n) is 11.8. The average molecular weight is 635 g/mol. The monoisotopic (exact) mass is 633 g/mol. The molecule has 188 valence electrons. The van der Waals surface area contributed by atoms with Gasteiger partial charge in [0.1, 0.15) is 4.90 Å². The molecule has 0 radical (unpaired) electrons. The maximum Gasteiger partial charge on any atom is 0.339 e. The topological polar surface area (TPSA) is 80.8 Å². The van der Waals surface area contributed by atoms with Crippen molar-refractivity contribution in [3.8, 4) is 5.75 Å². The summed E-state index contributed by atoms with van der Waals surface area (Å²) in [5.41, 5.74) is 5.01. The number of carbonyl (C=O) groups is 2. The van der Waals surface area contributed by atoms with E-state index in [1.54, 1.807) is 24.3 Å². The van der Waals surface area contributed by atoms with Crippen LogP contribution in [0.5, 0.6) is 5.75 Å². The van der Waals surface area contributed by atoms with Crippen molar-refractivity contribution in [2.24, 2.45) is 0 Å². The molecule has 0 fully saturated rings. The van der Waals surface area contributed by atoms with E-state index in [2.05, 4.69) is 36.8 Å². The van der Waals surface area contributed by atoms with Crippen molar-refractivity contribution < 1.29 is 22.2 Å². The first-order chi connectivity index (χ1) is 17.1. The van der Waals surface area contributed by atoms with Gasteiger partial charge in [0.05, 0.1) is 8.95 Å². The molecule has 0 N–H and O–H groups in total. The van der Waals surface area contributed by atoms with Crippen molar-refractivity contribution in [2.45, 2.75) is 56.3 Å². The standard InChI is InChI=1S/C27H25Br2NO5S/c1-15-9-11-17(12-10-15)36(33,34)35-27-18(28)13-16(14-19(27)29)24-25-20(5-3-7-22(25)31)30(2)21-6-4-8-23(32)26(21)24/h9-14,24H,3-8H2,1-2H3. The van der Waals surface area contributed by atoms with Crippen LogP contribution in [0, 0.1) is 6.92 Å². The molecule has 2 aliphatic carbocycles. The van der Waals surface area contributed by atoms with Gasteiger partial charge in [-0.3, -0.25) is 9.59 Å². The molecule has 0 saturated carbocycles. The van der Waals surface area contributed by atoms with Crippen LogP contribution in [-0.2, 0) is 19.7 Å². The van der Waals surface area contributed by atoms with Crippen molar-refractivity contribution >= 4 is 53.5 Å². The van der Waals surface area contributed by atoms with Gasteiger partial charge in [-0.2, -0.15) is 8.42 Å². The largest absolute Gasteiger partial charge is 0.377 e. The van der Waals surface area contributed by atoms with Crippen LogP contribution in [0.1, 0.15) is 55.6 Å². The fourth-order valence-electron chi connectivity index (χ4n) is 5.37. The summed E-state index contributed by atoms with van der Waals surface area (Å²) in [6.07, 6.45) is 4.08. The fourth-order valence-corrected chi connectivity index (χ4v) is 7.94. The van der Waals surface area contributed by atoms with E-state index in [1.807, 2.05) is 14.0 Å². The number of benzene rings is 2. The Kier molecular flexibility index (Phi) is 6.76. The lowest BCUT2D eigenvalue weighted by molar-refractivity contribution is -0.117. The molecule has 36 heavy (non-hydrogen) atoms. The Bertz CT molecular complexity index is 1390. The summed E-state index contributed by atoms with van der Waals surface area (Å²) in [4.78, 5) is 28.5. The molecule has 0 amide bonds. The highest BCUT2D eigenvalue weighted by molar-refractivity contribution is 9.11. The molecular formula is C27H25Br2NO5S. The molecule has 2 aromatic carbocycles. The summed E-state index contributed by atoms with van der Waals surface area (Å²) in [6, 6.07) is 9.96. The molecule has 3 aliphatic rings. The van der Waals surface area contributed by atoms with Crippen LogP contribution >= 0.6 is 31.9 Å². The number of hydrogen-bond acceptors (Lipinski definition) is 6. The smallest absolute Gasteiger partial charge is 0.339 e. The molecule has 0 bridgehead atoms. The fraction of sp³-hybridized carbons (Fsp3) is 0.333. The van der Waals surface area contributed by atoms with E-state index in [9.17, 15) is 18.0 Å². The van der Waals surface area contributed by atoms with E-state index >= 15 is 0 Å².